The van der Waals surface area contributed by atoms with Crippen molar-refractivity contribution in [3.05, 3.63) is 83.3 Å². The molecule has 2 amide bonds. The second-order valence-electron chi connectivity index (χ2n) is 15.5. The van der Waals surface area contributed by atoms with Crippen LogP contribution in [-0.4, -0.2) is 84.3 Å². The maximum Gasteiger partial charge on any atom is 0.410 e. The standard InChI is InChI=1S/C40H46F3N5O6/c1-39(2,3)54-38(50)46-15-16-53-40(22-46)23-47(24-40)29-12-9-27-20-48(45-33(27)17-29)28-10-5-25(6-11-28)19-44-37(49)31-18-32(41)36(35(43)34(31)42)52-21-26-7-13-30(51-4)14-8-26/h7-9,12-14,17-18,20,25,28H,5-6,10-11,15-16,19,21-24H2,1-4H3,(H,44,49). The Morgan fingerprint density at radius 2 is 1.72 bits per heavy atom. The highest BCUT2D eigenvalue weighted by Crippen LogP contribution is 2.37. The minimum atomic E-state index is -1.55. The van der Waals surface area contributed by atoms with Gasteiger partial charge in [-0.25, -0.2) is 13.6 Å². The van der Waals surface area contributed by atoms with Crippen LogP contribution < -0.4 is 19.7 Å². The van der Waals surface area contributed by atoms with Gasteiger partial charge in [-0.2, -0.15) is 9.49 Å². The summed E-state index contributed by atoms with van der Waals surface area (Å²) >= 11 is 0. The van der Waals surface area contributed by atoms with Crippen LogP contribution in [0.25, 0.3) is 10.9 Å². The van der Waals surface area contributed by atoms with E-state index in [1.165, 1.54) is 7.11 Å². The molecule has 1 aromatic heterocycles. The van der Waals surface area contributed by atoms with Gasteiger partial charge in [0, 0.05) is 30.4 Å². The number of hydrogen-bond acceptors (Lipinski definition) is 8. The Bertz CT molecular complexity index is 2000. The summed E-state index contributed by atoms with van der Waals surface area (Å²) in [5.74, 6) is -5.20. The molecule has 3 heterocycles. The van der Waals surface area contributed by atoms with Gasteiger partial charge in [-0.15, -0.1) is 0 Å². The highest BCUT2D eigenvalue weighted by Gasteiger charge is 2.49. The average Bonchev–Trinajstić information content (AvgIpc) is 3.58. The van der Waals surface area contributed by atoms with Crippen LogP contribution in [-0.2, 0) is 16.1 Å². The lowest BCUT2D eigenvalue weighted by molar-refractivity contribution is -0.121. The van der Waals surface area contributed by atoms with Gasteiger partial charge in [0.25, 0.3) is 5.91 Å². The van der Waals surface area contributed by atoms with E-state index >= 15 is 0 Å². The Labute approximate surface area is 312 Å². The second kappa shape index (κ2) is 15.0. The van der Waals surface area contributed by atoms with E-state index in [-0.39, 0.29) is 31.2 Å². The van der Waals surface area contributed by atoms with Gasteiger partial charge in [-0.05, 0) is 94.3 Å². The maximum atomic E-state index is 14.9. The zero-order valence-corrected chi connectivity index (χ0v) is 31.0. The summed E-state index contributed by atoms with van der Waals surface area (Å²) in [5, 5.41) is 8.61. The monoisotopic (exact) mass is 749 g/mol. The normalized spacial score (nSPS) is 19.8. The first-order chi connectivity index (χ1) is 25.8. The lowest BCUT2D eigenvalue weighted by Gasteiger charge is -2.54. The second-order valence-corrected chi connectivity index (χ2v) is 15.5. The van der Waals surface area contributed by atoms with Gasteiger partial charge >= 0.3 is 6.09 Å². The number of morpholine rings is 1. The molecule has 2 saturated heterocycles. The van der Waals surface area contributed by atoms with Crippen molar-refractivity contribution >= 4 is 28.6 Å². The molecule has 0 radical (unpaired) electrons. The van der Waals surface area contributed by atoms with E-state index in [1.54, 1.807) is 29.2 Å². The van der Waals surface area contributed by atoms with Crippen molar-refractivity contribution in [1.82, 2.24) is 20.0 Å². The first-order valence-corrected chi connectivity index (χ1v) is 18.4. The Hall–Kier alpha value is -4.98. The smallest absolute Gasteiger partial charge is 0.410 e. The van der Waals surface area contributed by atoms with E-state index in [4.69, 9.17) is 24.0 Å². The van der Waals surface area contributed by atoms with Crippen molar-refractivity contribution in [3.8, 4) is 11.5 Å². The van der Waals surface area contributed by atoms with Crippen molar-refractivity contribution in [3.63, 3.8) is 0 Å². The molecule has 1 spiro atoms. The number of fused-ring (bicyclic) bond motifs is 1. The number of aromatic nitrogens is 2. The quantitative estimate of drug-likeness (QED) is 0.182. The van der Waals surface area contributed by atoms with Crippen LogP contribution in [0.4, 0.5) is 23.7 Å². The van der Waals surface area contributed by atoms with Gasteiger partial charge in [0.05, 0.1) is 50.5 Å². The van der Waals surface area contributed by atoms with Crippen LogP contribution in [0.15, 0.2) is 54.7 Å². The number of nitrogens with one attached hydrogen (secondary N) is 1. The third kappa shape index (κ3) is 8.08. The van der Waals surface area contributed by atoms with E-state index < -0.39 is 45.9 Å². The van der Waals surface area contributed by atoms with E-state index in [1.807, 2.05) is 25.5 Å². The van der Waals surface area contributed by atoms with Gasteiger partial charge in [-0.1, -0.05) is 12.1 Å². The van der Waals surface area contributed by atoms with Gasteiger partial charge in [0.1, 0.15) is 23.6 Å². The maximum absolute atomic E-state index is 14.9. The molecule has 3 fully saturated rings. The molecule has 1 saturated carbocycles. The summed E-state index contributed by atoms with van der Waals surface area (Å²) < 4.78 is 68.7. The number of hydrogen-bond donors (Lipinski definition) is 1. The molecule has 1 aliphatic carbocycles. The Balaban J connectivity index is 0.892. The molecular weight excluding hydrogens is 703 g/mol. The topological polar surface area (TPSA) is 107 Å². The molecule has 11 nitrogen and oxygen atoms in total. The van der Waals surface area contributed by atoms with Gasteiger partial charge in [-0.3, -0.25) is 9.48 Å². The number of methoxy groups -OCH3 is 1. The molecule has 7 rings (SSSR count). The first kappa shape index (κ1) is 37.3. The third-order valence-electron chi connectivity index (χ3n) is 10.4. The zero-order valence-electron chi connectivity index (χ0n) is 31.0. The number of carbonyl (C=O) groups excluding carboxylic acids is 2. The van der Waals surface area contributed by atoms with Crippen molar-refractivity contribution in [2.75, 3.05) is 51.3 Å². The fraction of sp³-hybridized carbons (Fsp3) is 0.475. The highest BCUT2D eigenvalue weighted by atomic mass is 19.2. The first-order valence-electron chi connectivity index (χ1n) is 18.4. The fourth-order valence-electron chi connectivity index (χ4n) is 7.46. The minimum Gasteiger partial charge on any atom is -0.497 e. The molecule has 0 bridgehead atoms. The van der Waals surface area contributed by atoms with Crippen molar-refractivity contribution in [2.24, 2.45) is 5.92 Å². The molecule has 4 aromatic rings. The number of halogens is 3. The molecule has 1 N–H and O–H groups in total. The van der Waals surface area contributed by atoms with Gasteiger partial charge < -0.3 is 34.1 Å². The highest BCUT2D eigenvalue weighted by molar-refractivity contribution is 5.94. The van der Waals surface area contributed by atoms with Crippen LogP contribution in [0.1, 0.15) is 68.4 Å². The van der Waals surface area contributed by atoms with Crippen molar-refractivity contribution in [1.29, 1.82) is 0 Å². The lowest BCUT2D eigenvalue weighted by atomic mass is 9.86. The predicted octanol–water partition coefficient (Wildman–Crippen LogP) is 7.03. The largest absolute Gasteiger partial charge is 0.497 e. The summed E-state index contributed by atoms with van der Waals surface area (Å²) in [6.07, 6.45) is 5.01. The Morgan fingerprint density at radius 1 is 0.981 bits per heavy atom. The van der Waals surface area contributed by atoms with E-state index in [2.05, 4.69) is 34.6 Å². The summed E-state index contributed by atoms with van der Waals surface area (Å²) in [4.78, 5) is 29.5. The van der Waals surface area contributed by atoms with Crippen LogP contribution in [0.3, 0.4) is 0 Å². The van der Waals surface area contributed by atoms with Crippen molar-refractivity contribution in [2.45, 2.75) is 70.3 Å². The van der Waals surface area contributed by atoms with E-state index in [0.29, 0.717) is 50.2 Å². The van der Waals surface area contributed by atoms with Crippen LogP contribution in [0.2, 0.25) is 0 Å². The molecule has 0 atom stereocenters. The molecule has 288 valence electrons. The third-order valence-corrected chi connectivity index (χ3v) is 10.4. The van der Waals surface area contributed by atoms with Crippen LogP contribution >= 0.6 is 0 Å². The van der Waals surface area contributed by atoms with Gasteiger partial charge in [0.15, 0.2) is 17.4 Å². The number of anilines is 1. The SMILES string of the molecule is COc1ccc(COc2c(F)cc(C(=O)NCC3CCC(n4cc5ccc(N6CC7(CN(C(=O)OC(C)(C)C)CCO7)C6)cc5n4)CC3)c(F)c2F)cc1. The molecular formula is C40H46F3N5O6. The summed E-state index contributed by atoms with van der Waals surface area (Å²) in [6, 6.07) is 13.7. The molecule has 2 aliphatic heterocycles. The van der Waals surface area contributed by atoms with E-state index in [9.17, 15) is 22.8 Å². The van der Waals surface area contributed by atoms with E-state index in [0.717, 1.165) is 42.3 Å². The summed E-state index contributed by atoms with van der Waals surface area (Å²) in [7, 11) is 1.52. The van der Waals surface area contributed by atoms with Crippen molar-refractivity contribution < 1.29 is 41.7 Å². The number of benzene rings is 3. The predicted molar refractivity (Wildman–Crippen MR) is 195 cm³/mol. The number of amides is 2. The molecule has 0 unspecified atom stereocenters. The van der Waals surface area contributed by atoms with Crippen LogP contribution in [0.5, 0.6) is 11.5 Å². The number of ether oxygens (including phenoxy) is 4. The van der Waals surface area contributed by atoms with Crippen LogP contribution in [0, 0.1) is 23.4 Å². The fourth-order valence-corrected chi connectivity index (χ4v) is 7.46. The van der Waals surface area contributed by atoms with Gasteiger partial charge in [0.2, 0.25) is 5.82 Å². The summed E-state index contributed by atoms with van der Waals surface area (Å²) in [6.45, 7) is 8.45. The Morgan fingerprint density at radius 3 is 2.43 bits per heavy atom. The molecule has 14 heteroatoms. The number of rotatable bonds is 9. The summed E-state index contributed by atoms with van der Waals surface area (Å²) in [5.41, 5.74) is 0.858. The Kier molecular flexibility index (Phi) is 10.4. The molecule has 3 aliphatic rings. The molecule has 54 heavy (non-hydrogen) atoms. The minimum absolute atomic E-state index is 0.124. The number of carbonyl (C=O) groups is 2. The lowest BCUT2D eigenvalue weighted by Crippen LogP contribution is -2.71. The average molecular weight is 750 g/mol. The molecule has 3 aromatic carbocycles. The zero-order chi connectivity index (χ0) is 38.2. The number of nitrogens with zero attached hydrogens (tertiary/aromatic N) is 4.